The number of hydrogen-bond donors (Lipinski definition) is 0. The number of furan rings is 1. The van der Waals surface area contributed by atoms with E-state index in [-0.39, 0.29) is 31.2 Å². The smallest absolute Gasteiger partial charge is 0.129 e. The molecule has 4 heterocycles. The van der Waals surface area contributed by atoms with E-state index in [1.54, 1.807) is 17.4 Å². The van der Waals surface area contributed by atoms with Crippen LogP contribution in [0.3, 0.4) is 0 Å². The third-order valence-electron chi connectivity index (χ3n) is 7.51. The average Bonchev–Trinajstić information content (AvgIpc) is 3.54. The molecule has 5 heteroatoms. The molecule has 0 saturated carbocycles. The first-order chi connectivity index (χ1) is 22.1. The molecule has 0 spiro atoms. The van der Waals surface area contributed by atoms with E-state index in [1.807, 2.05) is 24.4 Å². The molecule has 0 amide bonds. The number of benzene rings is 3. The Kier molecular flexibility index (Phi) is 6.51. The molecule has 0 N–H and O–H groups in total. The molecular formula is C37H32IrN2OS-2. The molecule has 1 radical (unpaired) electrons. The Labute approximate surface area is 273 Å². The van der Waals surface area contributed by atoms with Gasteiger partial charge in [-0.15, -0.1) is 64.9 Å². The summed E-state index contributed by atoms with van der Waals surface area (Å²) in [6.07, 6.45) is 3.04. The van der Waals surface area contributed by atoms with Crippen LogP contribution in [0.2, 0.25) is 0 Å². The summed E-state index contributed by atoms with van der Waals surface area (Å²) in [5.74, 6) is 0. The van der Waals surface area contributed by atoms with Crippen LogP contribution in [0.5, 0.6) is 0 Å². The molecule has 0 bridgehead atoms. The fourth-order valence-electron chi connectivity index (χ4n) is 4.86. The first-order valence-corrected chi connectivity index (χ1v) is 14.1. The minimum Gasteiger partial charge on any atom is -0.500 e. The molecule has 0 fully saturated rings. The number of aromatic nitrogens is 2. The second-order valence-electron chi connectivity index (χ2n) is 10.3. The Morgan fingerprint density at radius 1 is 0.762 bits per heavy atom. The van der Waals surface area contributed by atoms with Gasteiger partial charge < -0.3 is 14.4 Å². The summed E-state index contributed by atoms with van der Waals surface area (Å²) in [5, 5.41) is 2.90. The van der Waals surface area contributed by atoms with Crippen molar-refractivity contribution in [3.8, 4) is 22.5 Å². The third kappa shape index (κ3) is 5.45. The third-order valence-corrected chi connectivity index (χ3v) is 8.68. The molecule has 0 saturated heterocycles. The number of fused-ring (bicyclic) bond motifs is 5. The van der Waals surface area contributed by atoms with Gasteiger partial charge in [0.05, 0.1) is 5.58 Å². The quantitative estimate of drug-likeness (QED) is 0.165. The van der Waals surface area contributed by atoms with Crippen LogP contribution in [-0.4, -0.2) is 9.97 Å². The number of thiophene rings is 1. The van der Waals surface area contributed by atoms with Gasteiger partial charge in [-0.1, -0.05) is 47.2 Å². The van der Waals surface area contributed by atoms with Crippen LogP contribution in [0.4, 0.5) is 0 Å². The van der Waals surface area contributed by atoms with Crippen LogP contribution in [0.1, 0.15) is 46.5 Å². The number of rotatable bonds is 2. The number of pyridine rings is 2. The van der Waals surface area contributed by atoms with Crippen molar-refractivity contribution in [2.45, 2.75) is 48.3 Å². The average molecular weight is 751 g/mol. The van der Waals surface area contributed by atoms with Gasteiger partial charge in [0.1, 0.15) is 5.58 Å². The summed E-state index contributed by atoms with van der Waals surface area (Å²) >= 11 is 1.72. The maximum Gasteiger partial charge on any atom is 0.129 e. The molecule has 0 unspecified atom stereocenters. The summed E-state index contributed by atoms with van der Waals surface area (Å²) in [5.41, 5.74) is 8.57. The van der Waals surface area contributed by atoms with Crippen LogP contribution < -0.4 is 0 Å². The first-order valence-electron chi connectivity index (χ1n) is 16.3. The van der Waals surface area contributed by atoms with Crippen molar-refractivity contribution < 1.29 is 32.7 Å². The monoisotopic (exact) mass is 751 g/mol. The zero-order valence-electron chi connectivity index (χ0n) is 29.9. The van der Waals surface area contributed by atoms with E-state index in [9.17, 15) is 0 Å². The van der Waals surface area contributed by atoms with E-state index in [1.165, 1.54) is 33.2 Å². The van der Waals surface area contributed by atoms with Gasteiger partial charge in [0.2, 0.25) is 0 Å². The Bertz CT molecular complexity index is 2290. The van der Waals surface area contributed by atoms with E-state index in [2.05, 4.69) is 81.0 Å². The van der Waals surface area contributed by atoms with Gasteiger partial charge >= 0.3 is 0 Å². The molecule has 7 aromatic rings. The Morgan fingerprint density at radius 3 is 2.24 bits per heavy atom. The topological polar surface area (TPSA) is 38.9 Å². The second-order valence-corrected chi connectivity index (χ2v) is 11.6. The van der Waals surface area contributed by atoms with Crippen molar-refractivity contribution in [1.29, 1.82) is 0 Å². The number of nitrogens with zero attached hydrogens (tertiary/aromatic N) is 2. The fraction of sp³-hybridized carbons (Fsp3) is 0.189. The van der Waals surface area contributed by atoms with Crippen molar-refractivity contribution in [2.75, 3.05) is 0 Å². The van der Waals surface area contributed by atoms with E-state index in [0.717, 1.165) is 43.9 Å². The Hall–Kier alpha value is -3.63. The molecule has 0 aliphatic heterocycles. The van der Waals surface area contributed by atoms with Crippen molar-refractivity contribution in [1.82, 2.24) is 9.97 Å². The van der Waals surface area contributed by atoms with Crippen LogP contribution in [0.25, 0.3) is 54.5 Å². The summed E-state index contributed by atoms with van der Waals surface area (Å²) in [7, 11) is 0. The van der Waals surface area contributed by atoms with Crippen molar-refractivity contribution in [3.05, 3.63) is 117 Å². The van der Waals surface area contributed by atoms with Gasteiger partial charge in [-0.25, -0.2) is 0 Å². The molecular weight excluding hydrogens is 713 g/mol. The summed E-state index contributed by atoms with van der Waals surface area (Å²) < 4.78 is 54.1. The van der Waals surface area contributed by atoms with E-state index in [4.69, 9.17) is 12.6 Å². The molecule has 7 rings (SSSR count). The minimum absolute atomic E-state index is 0. The standard InChI is InChI=1S/C23H18NOS.C14H14N.Ir/c1-12-10-19(24-11-13(12)2)18-7-5-6-16-17-8-9-20-21(14(3)15(4)26-20)23(17)25-22(16)18;1-10-4-6-13(7-5-10)14-8-11(2)12(3)9-15-14;/h5-6,8-11H,1-4H3;4-6,8-9H,1-3H3;/q2*-1;/i1D3,2D3;;. The van der Waals surface area contributed by atoms with Crippen molar-refractivity contribution in [3.63, 3.8) is 0 Å². The number of hydrogen-bond acceptors (Lipinski definition) is 4. The van der Waals surface area contributed by atoms with Crippen molar-refractivity contribution >= 4 is 43.4 Å². The largest absolute Gasteiger partial charge is 0.500 e. The predicted molar refractivity (Wildman–Crippen MR) is 173 cm³/mol. The van der Waals surface area contributed by atoms with Gasteiger partial charge in [-0.3, -0.25) is 0 Å². The predicted octanol–water partition coefficient (Wildman–Crippen LogP) is 10.4. The summed E-state index contributed by atoms with van der Waals surface area (Å²) in [6.45, 7) is 5.23. The Morgan fingerprint density at radius 2 is 1.50 bits per heavy atom. The van der Waals surface area contributed by atoms with Gasteiger partial charge in [0, 0.05) is 61.1 Å². The van der Waals surface area contributed by atoms with Crippen LogP contribution in [0, 0.1) is 60.5 Å². The number of aryl methyl sites for hydroxylation is 7. The Balaban J connectivity index is 0.000000237. The van der Waals surface area contributed by atoms with E-state index < -0.39 is 13.7 Å². The molecule has 3 aromatic carbocycles. The maximum absolute atomic E-state index is 7.84. The minimum atomic E-state index is -2.60. The molecule has 3 nitrogen and oxygen atoms in total. The summed E-state index contributed by atoms with van der Waals surface area (Å²) in [4.78, 5) is 9.93. The molecule has 0 atom stereocenters. The fourth-order valence-corrected chi connectivity index (χ4v) is 5.93. The van der Waals surface area contributed by atoms with Gasteiger partial charge in [-0.2, -0.15) is 0 Å². The molecule has 42 heavy (non-hydrogen) atoms. The molecule has 213 valence electrons. The van der Waals surface area contributed by atoms with E-state index in [0.29, 0.717) is 16.8 Å². The van der Waals surface area contributed by atoms with Gasteiger partial charge in [0.25, 0.3) is 0 Å². The van der Waals surface area contributed by atoms with E-state index >= 15 is 0 Å². The van der Waals surface area contributed by atoms with Crippen molar-refractivity contribution in [2.24, 2.45) is 0 Å². The molecule has 0 aliphatic rings. The van der Waals surface area contributed by atoms with Gasteiger partial charge in [-0.05, 0) is 75.5 Å². The molecule has 0 aliphatic carbocycles. The maximum atomic E-state index is 7.84. The van der Waals surface area contributed by atoms with Crippen LogP contribution in [-0.2, 0) is 20.1 Å². The molecule has 4 aromatic heterocycles. The second kappa shape index (κ2) is 11.9. The van der Waals surface area contributed by atoms with Crippen LogP contribution >= 0.6 is 11.3 Å². The van der Waals surface area contributed by atoms with Gasteiger partial charge in [0.15, 0.2) is 0 Å². The SMILES string of the molecule is Cc1c[c-]c(-c2cc(C)c(C)cn2)cc1.[2H]C([2H])([2H])c1cnc(-c2[c-]ccc3c2oc2c3ccc3sc(C)c(C)c32)cc1C([2H])([2H])[2H].[Ir]. The summed E-state index contributed by atoms with van der Waals surface area (Å²) in [6, 6.07) is 23.7. The normalized spacial score (nSPS) is 13.7. The zero-order chi connectivity index (χ0) is 33.8. The first kappa shape index (κ1) is 22.9. The van der Waals surface area contributed by atoms with Crippen LogP contribution in [0.15, 0.2) is 71.4 Å². The zero-order valence-corrected chi connectivity index (χ0v) is 27.1.